The van der Waals surface area contributed by atoms with Gasteiger partial charge in [0.25, 0.3) is 0 Å². The van der Waals surface area contributed by atoms with Crippen LogP contribution in [0.3, 0.4) is 0 Å². The second-order valence-corrected chi connectivity index (χ2v) is 10.9. The third-order valence-corrected chi connectivity index (χ3v) is 7.32. The number of hydrogen-bond acceptors (Lipinski definition) is 7. The molecule has 0 atom stereocenters. The molecule has 1 saturated heterocycles. The summed E-state index contributed by atoms with van der Waals surface area (Å²) in [7, 11) is -3.23. The first-order valence-electron chi connectivity index (χ1n) is 11.4. The zero-order valence-corrected chi connectivity index (χ0v) is 19.6. The van der Waals surface area contributed by atoms with Gasteiger partial charge in [0.15, 0.2) is 0 Å². The van der Waals surface area contributed by atoms with E-state index >= 15 is 0 Å². The quantitative estimate of drug-likeness (QED) is 0.461. The minimum atomic E-state index is -3.23. The highest BCUT2D eigenvalue weighted by Crippen LogP contribution is 2.43. The Morgan fingerprint density at radius 1 is 1.24 bits per heavy atom. The van der Waals surface area contributed by atoms with Crippen molar-refractivity contribution < 1.29 is 13.2 Å². The van der Waals surface area contributed by atoms with Crippen molar-refractivity contribution in [2.75, 3.05) is 44.8 Å². The molecule has 3 N–H and O–H groups in total. The molecule has 0 bridgehead atoms. The molecular formula is C23H30N6O3S. The van der Waals surface area contributed by atoms with Crippen LogP contribution < -0.4 is 15.2 Å². The molecule has 0 spiro atoms. The van der Waals surface area contributed by atoms with E-state index in [0.717, 1.165) is 47.2 Å². The molecule has 0 unspecified atom stereocenters. The van der Waals surface area contributed by atoms with Crippen molar-refractivity contribution >= 4 is 26.9 Å². The lowest BCUT2D eigenvalue weighted by molar-refractivity contribution is 0.0921. The van der Waals surface area contributed by atoms with Crippen LogP contribution in [0, 0.1) is 5.92 Å². The largest absolute Gasteiger partial charge is 0.492 e. The summed E-state index contributed by atoms with van der Waals surface area (Å²) in [4.78, 5) is 11.4. The molecule has 1 aliphatic carbocycles. The van der Waals surface area contributed by atoms with Gasteiger partial charge in [0, 0.05) is 30.9 Å². The molecule has 1 saturated carbocycles. The van der Waals surface area contributed by atoms with E-state index in [-0.39, 0.29) is 13.2 Å². The van der Waals surface area contributed by atoms with Crippen LogP contribution in [0.4, 0.5) is 5.82 Å². The minimum absolute atomic E-state index is 0.212. The number of aromatic nitrogens is 3. The molecule has 33 heavy (non-hydrogen) atoms. The first-order chi connectivity index (χ1) is 15.9. The molecule has 3 heterocycles. The summed E-state index contributed by atoms with van der Waals surface area (Å²) in [6.45, 7) is 4.13. The average Bonchev–Trinajstić information content (AvgIpc) is 3.09. The van der Waals surface area contributed by atoms with E-state index in [2.05, 4.69) is 30.4 Å². The van der Waals surface area contributed by atoms with Gasteiger partial charge in [-0.15, -0.1) is 0 Å². The van der Waals surface area contributed by atoms with Gasteiger partial charge in [-0.05, 0) is 56.0 Å². The van der Waals surface area contributed by atoms with E-state index in [1.807, 2.05) is 24.3 Å². The SMILES string of the molecule is CS(=O)(=O)NCCOc1cccc(-c2cn([C@H]3C[C@@H](CN4CCC4)C3)c3ncnc(N)c23)c1. The van der Waals surface area contributed by atoms with Crippen LogP contribution in [-0.2, 0) is 10.0 Å². The van der Waals surface area contributed by atoms with Gasteiger partial charge in [0.05, 0.1) is 11.6 Å². The van der Waals surface area contributed by atoms with E-state index in [4.69, 9.17) is 10.5 Å². The lowest BCUT2D eigenvalue weighted by Gasteiger charge is -2.42. The summed E-state index contributed by atoms with van der Waals surface area (Å²) in [6, 6.07) is 8.16. The fourth-order valence-corrected chi connectivity index (χ4v) is 5.22. The summed E-state index contributed by atoms with van der Waals surface area (Å²) < 4.78 is 32.9. The first kappa shape index (κ1) is 22.1. The van der Waals surface area contributed by atoms with Gasteiger partial charge in [-0.3, -0.25) is 0 Å². The van der Waals surface area contributed by atoms with Gasteiger partial charge in [-0.25, -0.2) is 23.1 Å². The Balaban J connectivity index is 1.36. The van der Waals surface area contributed by atoms with Crippen molar-refractivity contribution in [3.63, 3.8) is 0 Å². The molecular weight excluding hydrogens is 440 g/mol. The summed E-state index contributed by atoms with van der Waals surface area (Å²) in [5.41, 5.74) is 9.11. The van der Waals surface area contributed by atoms with Crippen LogP contribution in [-0.4, -0.2) is 66.9 Å². The number of fused-ring (bicyclic) bond motifs is 1. The number of nitrogens with zero attached hydrogens (tertiary/aromatic N) is 4. The molecule has 5 rings (SSSR count). The molecule has 10 heteroatoms. The second-order valence-electron chi connectivity index (χ2n) is 9.10. The highest BCUT2D eigenvalue weighted by atomic mass is 32.2. The molecule has 0 amide bonds. The third kappa shape index (κ3) is 4.83. The van der Waals surface area contributed by atoms with Crippen molar-refractivity contribution in [3.8, 4) is 16.9 Å². The smallest absolute Gasteiger partial charge is 0.208 e. The van der Waals surface area contributed by atoms with Gasteiger partial charge in [0.1, 0.15) is 30.1 Å². The molecule has 9 nitrogen and oxygen atoms in total. The van der Waals surface area contributed by atoms with Crippen LogP contribution in [0.25, 0.3) is 22.2 Å². The number of hydrogen-bond donors (Lipinski definition) is 2. The van der Waals surface area contributed by atoms with Crippen LogP contribution in [0.5, 0.6) is 5.75 Å². The molecule has 2 fully saturated rings. The number of nitrogen functional groups attached to an aromatic ring is 1. The summed E-state index contributed by atoms with van der Waals surface area (Å²) in [5.74, 6) is 1.87. The summed E-state index contributed by atoms with van der Waals surface area (Å²) in [6.07, 6.45) is 8.44. The molecule has 0 radical (unpaired) electrons. The standard InChI is InChI=1S/C23H30N6O3S/c1-33(30,31)27-6-9-32-19-5-2-4-17(12-19)20-14-29(23-21(20)22(24)25-15-26-23)18-10-16(11-18)13-28-7-3-8-28/h2,4-5,12,14-16,18,27H,3,6-11,13H2,1H3,(H2,24,25,26)/t16-,18+. The highest BCUT2D eigenvalue weighted by molar-refractivity contribution is 7.88. The Morgan fingerprint density at radius 2 is 2.06 bits per heavy atom. The number of sulfonamides is 1. The van der Waals surface area contributed by atoms with Crippen LogP contribution in [0.15, 0.2) is 36.8 Å². The molecule has 176 valence electrons. The monoisotopic (exact) mass is 470 g/mol. The Bertz CT molecular complexity index is 1250. The van der Waals surface area contributed by atoms with Crippen molar-refractivity contribution in [2.45, 2.75) is 25.3 Å². The Labute approximate surface area is 194 Å². The maximum absolute atomic E-state index is 11.2. The number of likely N-dealkylation sites (tertiary alicyclic amines) is 1. The maximum atomic E-state index is 11.2. The maximum Gasteiger partial charge on any atom is 0.208 e. The fourth-order valence-electron chi connectivity index (χ4n) is 4.76. The predicted octanol–water partition coefficient (Wildman–Crippen LogP) is 2.27. The average molecular weight is 471 g/mol. The lowest BCUT2D eigenvalue weighted by atomic mass is 9.79. The first-order valence-corrected chi connectivity index (χ1v) is 13.3. The van der Waals surface area contributed by atoms with Crippen molar-refractivity contribution in [1.29, 1.82) is 0 Å². The Kier molecular flexibility index (Phi) is 5.98. The van der Waals surface area contributed by atoms with Gasteiger partial charge >= 0.3 is 0 Å². The Morgan fingerprint density at radius 3 is 2.79 bits per heavy atom. The number of rotatable bonds is 9. The molecule has 1 aromatic carbocycles. The van der Waals surface area contributed by atoms with Gasteiger partial charge < -0.3 is 19.9 Å². The fraction of sp³-hybridized carbons (Fsp3) is 0.478. The Hall–Kier alpha value is -2.69. The van der Waals surface area contributed by atoms with E-state index in [1.165, 1.54) is 32.4 Å². The summed E-state index contributed by atoms with van der Waals surface area (Å²) >= 11 is 0. The van der Waals surface area contributed by atoms with E-state index < -0.39 is 10.0 Å². The van der Waals surface area contributed by atoms with Gasteiger partial charge in [0.2, 0.25) is 10.0 Å². The van der Waals surface area contributed by atoms with Crippen molar-refractivity contribution in [3.05, 3.63) is 36.8 Å². The normalized spacial score (nSPS) is 21.0. The van der Waals surface area contributed by atoms with Crippen LogP contribution in [0.1, 0.15) is 25.3 Å². The zero-order valence-electron chi connectivity index (χ0n) is 18.8. The predicted molar refractivity (Wildman–Crippen MR) is 129 cm³/mol. The third-order valence-electron chi connectivity index (χ3n) is 6.59. The second kappa shape index (κ2) is 8.92. The highest BCUT2D eigenvalue weighted by Gasteiger charge is 2.34. The van der Waals surface area contributed by atoms with E-state index in [1.54, 1.807) is 0 Å². The minimum Gasteiger partial charge on any atom is -0.492 e. The van der Waals surface area contributed by atoms with Crippen molar-refractivity contribution in [2.24, 2.45) is 5.92 Å². The lowest BCUT2D eigenvalue weighted by Crippen LogP contribution is -2.43. The number of anilines is 1. The van der Waals surface area contributed by atoms with Crippen molar-refractivity contribution in [1.82, 2.24) is 24.2 Å². The number of nitrogens with one attached hydrogen (secondary N) is 1. The van der Waals surface area contributed by atoms with E-state index in [0.29, 0.717) is 17.6 Å². The molecule has 2 aromatic heterocycles. The molecule has 3 aromatic rings. The van der Waals surface area contributed by atoms with E-state index in [9.17, 15) is 8.42 Å². The van der Waals surface area contributed by atoms with Crippen LogP contribution >= 0.6 is 0 Å². The number of benzene rings is 1. The zero-order chi connectivity index (χ0) is 23.0. The molecule has 1 aliphatic heterocycles. The van der Waals surface area contributed by atoms with Crippen LogP contribution in [0.2, 0.25) is 0 Å². The van der Waals surface area contributed by atoms with Gasteiger partial charge in [-0.1, -0.05) is 12.1 Å². The summed E-state index contributed by atoms with van der Waals surface area (Å²) in [5, 5.41) is 0.861. The number of ether oxygens (including phenoxy) is 1. The number of nitrogens with two attached hydrogens (primary N) is 1. The topological polar surface area (TPSA) is 115 Å². The molecule has 2 aliphatic rings. The van der Waals surface area contributed by atoms with Gasteiger partial charge in [-0.2, -0.15) is 0 Å².